The summed E-state index contributed by atoms with van der Waals surface area (Å²) in [7, 11) is 0. The normalized spacial score (nSPS) is 15.1. The molecule has 1 fully saturated rings. The van der Waals surface area contributed by atoms with Crippen LogP contribution in [0.1, 0.15) is 21.5 Å². The number of nitrogens with one attached hydrogen (secondary N) is 1. The van der Waals surface area contributed by atoms with Crippen molar-refractivity contribution in [2.24, 2.45) is 0 Å². The quantitative estimate of drug-likeness (QED) is 0.769. The molecule has 0 aliphatic carbocycles. The summed E-state index contributed by atoms with van der Waals surface area (Å²) >= 11 is 0. The third-order valence-electron chi connectivity index (χ3n) is 5.14. The van der Waals surface area contributed by atoms with Gasteiger partial charge >= 0.3 is 0 Å². The van der Waals surface area contributed by atoms with Crippen LogP contribution >= 0.6 is 0 Å². The number of carbonyl (C=O) groups is 1. The third-order valence-corrected chi connectivity index (χ3v) is 5.14. The number of hydrogen-bond donors (Lipinski definition) is 1. The Morgan fingerprint density at radius 2 is 1.85 bits per heavy atom. The molecule has 5 heteroatoms. The van der Waals surface area contributed by atoms with E-state index < -0.39 is 0 Å². The number of rotatable bonds is 4. The van der Waals surface area contributed by atoms with Gasteiger partial charge in [0.1, 0.15) is 6.54 Å². The molecule has 0 saturated carbocycles. The predicted octanol–water partition coefficient (Wildman–Crippen LogP) is 1.72. The van der Waals surface area contributed by atoms with Crippen LogP contribution in [-0.2, 0) is 6.54 Å². The number of piperazine rings is 1. The van der Waals surface area contributed by atoms with Crippen LogP contribution in [0, 0.1) is 6.92 Å². The van der Waals surface area contributed by atoms with Gasteiger partial charge in [0.25, 0.3) is 5.91 Å². The number of aryl methyl sites for hydroxylation is 1. The number of nitrogens with zero attached hydrogens (tertiary/aromatic N) is 3. The lowest BCUT2D eigenvalue weighted by molar-refractivity contribution is -0.917. The Bertz CT molecular complexity index is 911. The highest BCUT2D eigenvalue weighted by molar-refractivity contribution is 5.93. The monoisotopic (exact) mass is 361 g/mol. The van der Waals surface area contributed by atoms with Crippen molar-refractivity contribution < 1.29 is 9.69 Å². The van der Waals surface area contributed by atoms with E-state index in [-0.39, 0.29) is 5.91 Å². The maximum Gasteiger partial charge on any atom is 0.257 e. The average molecular weight is 361 g/mol. The van der Waals surface area contributed by atoms with Gasteiger partial charge < -0.3 is 9.80 Å². The van der Waals surface area contributed by atoms with Crippen LogP contribution < -0.4 is 4.90 Å². The molecule has 3 aromatic rings. The molecule has 0 spiro atoms. The molecule has 0 unspecified atom stereocenters. The maximum atomic E-state index is 12.8. The average Bonchev–Trinajstić information content (AvgIpc) is 3.19. The molecule has 2 aromatic carbocycles. The highest BCUT2D eigenvalue weighted by Crippen LogP contribution is 2.10. The molecule has 1 aliphatic heterocycles. The third kappa shape index (κ3) is 4.09. The van der Waals surface area contributed by atoms with Gasteiger partial charge in [0.2, 0.25) is 0 Å². The van der Waals surface area contributed by atoms with Crippen molar-refractivity contribution in [3.8, 4) is 5.69 Å². The Hall–Kier alpha value is -2.92. The first-order chi connectivity index (χ1) is 13.2. The molecule has 138 valence electrons. The van der Waals surface area contributed by atoms with Crippen LogP contribution in [0.3, 0.4) is 0 Å². The summed E-state index contributed by atoms with van der Waals surface area (Å²) in [4.78, 5) is 16.3. The second-order valence-corrected chi connectivity index (χ2v) is 7.22. The van der Waals surface area contributed by atoms with Gasteiger partial charge in [-0.1, -0.05) is 48.0 Å². The summed E-state index contributed by atoms with van der Waals surface area (Å²) < 4.78 is 1.76. The Morgan fingerprint density at radius 1 is 1.07 bits per heavy atom. The number of amides is 1. The molecule has 4 rings (SSSR count). The molecule has 1 aromatic heterocycles. The molecule has 0 bridgehead atoms. The van der Waals surface area contributed by atoms with Crippen LogP contribution in [-0.4, -0.2) is 46.8 Å². The zero-order chi connectivity index (χ0) is 18.6. The van der Waals surface area contributed by atoms with Crippen LogP contribution in [0.4, 0.5) is 0 Å². The van der Waals surface area contributed by atoms with Crippen LogP contribution in [0.2, 0.25) is 0 Å². The molecule has 1 N–H and O–H groups in total. The van der Waals surface area contributed by atoms with Crippen molar-refractivity contribution in [3.63, 3.8) is 0 Å². The molecule has 1 aliphatic rings. The highest BCUT2D eigenvalue weighted by atomic mass is 16.2. The van der Waals surface area contributed by atoms with Gasteiger partial charge in [0.15, 0.2) is 0 Å². The number of aromatic nitrogens is 2. The maximum absolute atomic E-state index is 12.8. The lowest BCUT2D eigenvalue weighted by Crippen LogP contribution is -3.13. The van der Waals surface area contributed by atoms with Gasteiger partial charge in [0, 0.05) is 11.8 Å². The van der Waals surface area contributed by atoms with Gasteiger partial charge in [-0.2, -0.15) is 5.10 Å². The number of carbonyl (C=O) groups excluding carboxylic acids is 1. The SMILES string of the molecule is Cc1cccc(C[NH+]2CCN(C(=O)c3cnn(-c4ccccc4)c3)CC2)c1. The minimum Gasteiger partial charge on any atom is -0.328 e. The van der Waals surface area contributed by atoms with E-state index >= 15 is 0 Å². The van der Waals surface area contributed by atoms with Crippen LogP contribution in [0.15, 0.2) is 67.0 Å². The first kappa shape index (κ1) is 17.5. The van der Waals surface area contributed by atoms with E-state index in [9.17, 15) is 4.79 Å². The largest absolute Gasteiger partial charge is 0.328 e. The summed E-state index contributed by atoms with van der Waals surface area (Å²) in [6.07, 6.45) is 3.49. The highest BCUT2D eigenvalue weighted by Gasteiger charge is 2.25. The summed E-state index contributed by atoms with van der Waals surface area (Å²) in [6.45, 7) is 6.69. The fourth-order valence-electron chi connectivity index (χ4n) is 3.65. The minimum atomic E-state index is 0.0757. The summed E-state index contributed by atoms with van der Waals surface area (Å²) in [5.41, 5.74) is 4.29. The van der Waals surface area contributed by atoms with Gasteiger partial charge in [0.05, 0.1) is 43.6 Å². The van der Waals surface area contributed by atoms with E-state index in [0.717, 1.165) is 38.4 Å². The molecule has 0 atom stereocenters. The zero-order valence-corrected chi connectivity index (χ0v) is 15.6. The molecule has 1 saturated heterocycles. The first-order valence-electron chi connectivity index (χ1n) is 9.47. The molecule has 2 heterocycles. The summed E-state index contributed by atoms with van der Waals surface area (Å²) in [5, 5.41) is 4.35. The van der Waals surface area contributed by atoms with Crippen molar-refractivity contribution in [3.05, 3.63) is 83.7 Å². The van der Waals surface area contributed by atoms with E-state index in [0.29, 0.717) is 5.56 Å². The van der Waals surface area contributed by atoms with E-state index in [2.05, 4.69) is 36.3 Å². The Kier molecular flexibility index (Phi) is 5.03. The lowest BCUT2D eigenvalue weighted by atomic mass is 10.1. The summed E-state index contributed by atoms with van der Waals surface area (Å²) in [6, 6.07) is 18.6. The Balaban J connectivity index is 1.35. The predicted molar refractivity (Wildman–Crippen MR) is 105 cm³/mol. The van der Waals surface area contributed by atoms with E-state index in [1.54, 1.807) is 10.9 Å². The number of quaternary nitrogens is 1. The van der Waals surface area contributed by atoms with Crippen molar-refractivity contribution in [1.29, 1.82) is 0 Å². The number of hydrogen-bond acceptors (Lipinski definition) is 2. The van der Waals surface area contributed by atoms with Crippen molar-refractivity contribution in [2.45, 2.75) is 13.5 Å². The van der Waals surface area contributed by atoms with Gasteiger partial charge in [-0.25, -0.2) is 4.68 Å². The van der Waals surface area contributed by atoms with Gasteiger partial charge in [-0.3, -0.25) is 4.79 Å². The second-order valence-electron chi connectivity index (χ2n) is 7.22. The van der Waals surface area contributed by atoms with Crippen molar-refractivity contribution in [2.75, 3.05) is 26.2 Å². The van der Waals surface area contributed by atoms with E-state index in [1.807, 2.05) is 41.4 Å². The molecular weight excluding hydrogens is 336 g/mol. The Labute approximate surface area is 159 Å². The minimum absolute atomic E-state index is 0.0757. The Morgan fingerprint density at radius 3 is 2.59 bits per heavy atom. The smallest absolute Gasteiger partial charge is 0.257 e. The van der Waals surface area contributed by atoms with Gasteiger partial charge in [-0.15, -0.1) is 0 Å². The molecule has 5 nitrogen and oxygen atoms in total. The lowest BCUT2D eigenvalue weighted by Gasteiger charge is -2.32. The topological polar surface area (TPSA) is 42.6 Å². The fraction of sp³-hybridized carbons (Fsp3) is 0.273. The summed E-state index contributed by atoms with van der Waals surface area (Å²) in [5.74, 6) is 0.0757. The molecule has 27 heavy (non-hydrogen) atoms. The molecule has 1 amide bonds. The number of para-hydroxylation sites is 1. The fourth-order valence-corrected chi connectivity index (χ4v) is 3.65. The van der Waals surface area contributed by atoms with E-state index in [4.69, 9.17) is 0 Å². The van der Waals surface area contributed by atoms with E-state index in [1.165, 1.54) is 16.0 Å². The number of benzene rings is 2. The van der Waals surface area contributed by atoms with Crippen molar-refractivity contribution in [1.82, 2.24) is 14.7 Å². The van der Waals surface area contributed by atoms with Gasteiger partial charge in [-0.05, 0) is 19.1 Å². The van der Waals surface area contributed by atoms with Crippen LogP contribution in [0.5, 0.6) is 0 Å². The van der Waals surface area contributed by atoms with Crippen LogP contribution in [0.25, 0.3) is 5.69 Å². The standard InChI is InChI=1S/C22H24N4O/c1-18-6-5-7-19(14-18)16-24-10-12-25(13-11-24)22(27)20-15-23-26(17-20)21-8-3-2-4-9-21/h2-9,14-15,17H,10-13,16H2,1H3/p+1. The first-order valence-corrected chi connectivity index (χ1v) is 9.47. The molecular formula is C22H25N4O+. The second kappa shape index (κ2) is 7.76. The van der Waals surface area contributed by atoms with Crippen molar-refractivity contribution >= 4 is 5.91 Å². The zero-order valence-electron chi connectivity index (χ0n) is 15.6. The molecule has 0 radical (unpaired) electrons.